The predicted octanol–water partition coefficient (Wildman–Crippen LogP) is 0.801. The van der Waals surface area contributed by atoms with Gasteiger partial charge in [-0.25, -0.2) is 0 Å². The molecule has 1 aliphatic heterocycles. The Balaban J connectivity index is 1.67. The number of ether oxygens (including phenoxy) is 1. The minimum absolute atomic E-state index is 0.0389. The van der Waals surface area contributed by atoms with Crippen LogP contribution in [0.2, 0.25) is 0 Å². The van der Waals surface area contributed by atoms with Crippen LogP contribution in [0.15, 0.2) is 0 Å². The highest BCUT2D eigenvalue weighted by Gasteiger charge is 2.37. The molecule has 1 heterocycles. The van der Waals surface area contributed by atoms with E-state index in [0.29, 0.717) is 19.6 Å². The van der Waals surface area contributed by atoms with E-state index in [0.717, 1.165) is 18.9 Å². The molecule has 16 heavy (non-hydrogen) atoms. The molecule has 1 atom stereocenters. The molecule has 2 rings (SSSR count). The summed E-state index contributed by atoms with van der Waals surface area (Å²) in [5, 5.41) is 2.95. The molecule has 0 aromatic heterocycles. The number of nitrogens with one attached hydrogen (secondary N) is 1. The molecule has 1 amide bonds. The lowest BCUT2D eigenvalue weighted by atomic mass is 9.98. The van der Waals surface area contributed by atoms with Gasteiger partial charge in [0.25, 0.3) is 0 Å². The minimum atomic E-state index is -0.768. The zero-order valence-corrected chi connectivity index (χ0v) is 9.84. The van der Waals surface area contributed by atoms with Crippen LogP contribution in [0.5, 0.6) is 0 Å². The molecular weight excluding hydrogens is 204 g/mol. The molecule has 0 bridgehead atoms. The molecule has 1 aliphatic carbocycles. The Morgan fingerprint density at radius 2 is 2.19 bits per heavy atom. The fraction of sp³-hybridized carbons (Fsp3) is 0.917. The standard InChI is InChI=1S/C12H22N2O2/c13-12(6-8-16-9-12)11(15)14-7-5-10-3-1-2-4-10/h10H,1-9,13H2,(H,14,15). The monoisotopic (exact) mass is 226 g/mol. The highest BCUT2D eigenvalue weighted by Crippen LogP contribution is 2.27. The van der Waals surface area contributed by atoms with Gasteiger partial charge in [0.05, 0.1) is 6.61 Å². The van der Waals surface area contributed by atoms with E-state index in [9.17, 15) is 4.79 Å². The Hall–Kier alpha value is -0.610. The maximum atomic E-state index is 11.8. The van der Waals surface area contributed by atoms with Crippen LogP contribution in [-0.2, 0) is 9.53 Å². The number of hydrogen-bond acceptors (Lipinski definition) is 3. The van der Waals surface area contributed by atoms with Crippen LogP contribution in [-0.4, -0.2) is 31.2 Å². The smallest absolute Gasteiger partial charge is 0.242 e. The third-order valence-corrected chi connectivity index (χ3v) is 3.82. The summed E-state index contributed by atoms with van der Waals surface area (Å²) in [6, 6.07) is 0. The van der Waals surface area contributed by atoms with E-state index < -0.39 is 5.54 Å². The van der Waals surface area contributed by atoms with E-state index in [1.54, 1.807) is 0 Å². The number of carbonyl (C=O) groups is 1. The Kier molecular flexibility index (Phi) is 3.82. The van der Waals surface area contributed by atoms with Crippen LogP contribution in [0.1, 0.15) is 38.5 Å². The van der Waals surface area contributed by atoms with Crippen molar-refractivity contribution in [1.82, 2.24) is 5.32 Å². The van der Waals surface area contributed by atoms with Gasteiger partial charge in [-0.15, -0.1) is 0 Å². The largest absolute Gasteiger partial charge is 0.379 e. The molecule has 0 aromatic rings. The van der Waals surface area contributed by atoms with Crippen LogP contribution in [0.25, 0.3) is 0 Å². The van der Waals surface area contributed by atoms with Crippen LogP contribution in [0.3, 0.4) is 0 Å². The first-order valence-corrected chi connectivity index (χ1v) is 6.36. The normalized spacial score (nSPS) is 30.8. The van der Waals surface area contributed by atoms with Crippen molar-refractivity contribution < 1.29 is 9.53 Å². The summed E-state index contributed by atoms with van der Waals surface area (Å²) >= 11 is 0. The molecule has 3 N–H and O–H groups in total. The summed E-state index contributed by atoms with van der Waals surface area (Å²) in [6.45, 7) is 1.73. The number of amides is 1. The first kappa shape index (κ1) is 11.9. The molecule has 2 fully saturated rings. The average molecular weight is 226 g/mol. The van der Waals surface area contributed by atoms with E-state index in [-0.39, 0.29) is 5.91 Å². The van der Waals surface area contributed by atoms with Crippen LogP contribution in [0.4, 0.5) is 0 Å². The van der Waals surface area contributed by atoms with Crippen molar-refractivity contribution in [3.05, 3.63) is 0 Å². The van der Waals surface area contributed by atoms with Gasteiger partial charge in [0.15, 0.2) is 0 Å². The van der Waals surface area contributed by atoms with Crippen LogP contribution < -0.4 is 11.1 Å². The summed E-state index contributed by atoms with van der Waals surface area (Å²) in [5.41, 5.74) is 5.19. The maximum Gasteiger partial charge on any atom is 0.242 e. The van der Waals surface area contributed by atoms with Crippen LogP contribution in [0, 0.1) is 5.92 Å². The van der Waals surface area contributed by atoms with Gasteiger partial charge in [0.1, 0.15) is 5.54 Å². The summed E-state index contributed by atoms with van der Waals surface area (Å²) in [6.07, 6.45) is 7.10. The molecule has 0 spiro atoms. The predicted molar refractivity (Wildman–Crippen MR) is 61.9 cm³/mol. The zero-order valence-electron chi connectivity index (χ0n) is 9.84. The van der Waals surface area contributed by atoms with E-state index in [1.807, 2.05) is 0 Å². The second-order valence-corrected chi connectivity index (χ2v) is 5.15. The minimum Gasteiger partial charge on any atom is -0.379 e. The Labute approximate surface area is 96.9 Å². The van der Waals surface area contributed by atoms with E-state index in [1.165, 1.54) is 25.7 Å². The summed E-state index contributed by atoms with van der Waals surface area (Å²) in [4.78, 5) is 11.8. The van der Waals surface area contributed by atoms with Gasteiger partial charge in [0.2, 0.25) is 5.91 Å². The van der Waals surface area contributed by atoms with Gasteiger partial charge >= 0.3 is 0 Å². The van der Waals surface area contributed by atoms with Crippen molar-refractivity contribution in [3.8, 4) is 0 Å². The lowest BCUT2D eigenvalue weighted by molar-refractivity contribution is -0.126. The molecule has 0 aromatic carbocycles. The van der Waals surface area contributed by atoms with Gasteiger partial charge in [-0.2, -0.15) is 0 Å². The Morgan fingerprint density at radius 1 is 1.44 bits per heavy atom. The van der Waals surface area contributed by atoms with Crippen molar-refractivity contribution in [1.29, 1.82) is 0 Å². The Bertz CT molecular complexity index is 243. The fourth-order valence-electron chi connectivity index (χ4n) is 2.62. The third kappa shape index (κ3) is 2.74. The number of rotatable bonds is 4. The van der Waals surface area contributed by atoms with E-state index >= 15 is 0 Å². The summed E-state index contributed by atoms with van der Waals surface area (Å²) < 4.78 is 5.18. The highest BCUT2D eigenvalue weighted by molar-refractivity contribution is 5.86. The van der Waals surface area contributed by atoms with Gasteiger partial charge in [-0.05, 0) is 18.8 Å². The topological polar surface area (TPSA) is 64.4 Å². The number of carbonyl (C=O) groups excluding carboxylic acids is 1. The summed E-state index contributed by atoms with van der Waals surface area (Å²) in [7, 11) is 0. The average Bonchev–Trinajstić information content (AvgIpc) is 2.90. The quantitative estimate of drug-likeness (QED) is 0.745. The zero-order chi connectivity index (χ0) is 11.4. The molecule has 4 nitrogen and oxygen atoms in total. The molecule has 92 valence electrons. The van der Waals surface area contributed by atoms with E-state index in [4.69, 9.17) is 10.5 Å². The van der Waals surface area contributed by atoms with Crippen molar-refractivity contribution >= 4 is 5.91 Å². The lowest BCUT2D eigenvalue weighted by Crippen LogP contribution is -2.54. The van der Waals surface area contributed by atoms with Crippen molar-refractivity contribution in [2.45, 2.75) is 44.1 Å². The number of hydrogen-bond donors (Lipinski definition) is 2. The Morgan fingerprint density at radius 3 is 2.81 bits per heavy atom. The summed E-state index contributed by atoms with van der Waals surface area (Å²) in [5.74, 6) is 0.775. The SMILES string of the molecule is NC1(C(=O)NCCC2CCCC2)CCOC1. The van der Waals surface area contributed by atoms with Gasteiger partial charge < -0.3 is 15.8 Å². The molecule has 1 saturated carbocycles. The molecule has 4 heteroatoms. The van der Waals surface area contributed by atoms with Gasteiger partial charge in [-0.3, -0.25) is 4.79 Å². The van der Waals surface area contributed by atoms with Gasteiger partial charge in [-0.1, -0.05) is 25.7 Å². The molecule has 1 unspecified atom stereocenters. The van der Waals surface area contributed by atoms with E-state index in [2.05, 4.69) is 5.32 Å². The van der Waals surface area contributed by atoms with Crippen molar-refractivity contribution in [3.63, 3.8) is 0 Å². The molecular formula is C12H22N2O2. The second kappa shape index (κ2) is 5.15. The lowest BCUT2D eigenvalue weighted by Gasteiger charge is -2.21. The first-order chi connectivity index (χ1) is 7.71. The van der Waals surface area contributed by atoms with Crippen molar-refractivity contribution in [2.75, 3.05) is 19.8 Å². The molecule has 1 saturated heterocycles. The first-order valence-electron chi connectivity index (χ1n) is 6.36. The molecule has 0 radical (unpaired) electrons. The number of nitrogens with two attached hydrogens (primary N) is 1. The second-order valence-electron chi connectivity index (χ2n) is 5.15. The van der Waals surface area contributed by atoms with Crippen molar-refractivity contribution in [2.24, 2.45) is 11.7 Å². The highest BCUT2D eigenvalue weighted by atomic mass is 16.5. The fourth-order valence-corrected chi connectivity index (χ4v) is 2.62. The maximum absolute atomic E-state index is 11.8. The molecule has 2 aliphatic rings. The third-order valence-electron chi connectivity index (χ3n) is 3.82. The van der Waals surface area contributed by atoms with Crippen LogP contribution >= 0.6 is 0 Å². The van der Waals surface area contributed by atoms with Gasteiger partial charge in [0, 0.05) is 13.2 Å².